The second-order valence-electron chi connectivity index (χ2n) is 4.49. The average Bonchev–Trinajstić information content (AvgIpc) is 3.00. The maximum Gasteiger partial charge on any atom is 0.292 e. The van der Waals surface area contributed by atoms with E-state index in [1.54, 1.807) is 42.6 Å². The molecule has 2 aromatic heterocycles. The number of carbonyl (C=O) groups is 1. The van der Waals surface area contributed by atoms with E-state index in [-0.39, 0.29) is 11.7 Å². The Kier molecular flexibility index (Phi) is 4.27. The summed E-state index contributed by atoms with van der Waals surface area (Å²) >= 11 is 9.14. The molecule has 0 bridgehead atoms. The van der Waals surface area contributed by atoms with E-state index in [1.807, 2.05) is 12.1 Å². The zero-order chi connectivity index (χ0) is 15.5. The lowest BCUT2D eigenvalue weighted by molar-refractivity contribution is 0.0997. The lowest BCUT2D eigenvalue weighted by Gasteiger charge is -2.02. The molecule has 2 heterocycles. The third-order valence-corrected chi connectivity index (χ3v) is 3.65. The zero-order valence-electron chi connectivity index (χ0n) is 11.2. The molecule has 0 saturated heterocycles. The summed E-state index contributed by atoms with van der Waals surface area (Å²) in [5, 5.41) is 3.32. The molecule has 0 aliphatic rings. The molecule has 0 radical (unpaired) electrons. The third kappa shape index (κ3) is 3.37. The van der Waals surface area contributed by atoms with Crippen LogP contribution < -0.4 is 5.32 Å². The van der Waals surface area contributed by atoms with E-state index in [2.05, 4.69) is 26.2 Å². The Morgan fingerprint density at radius 3 is 2.55 bits per heavy atom. The number of nitrogens with one attached hydrogen (secondary N) is 1. The molecule has 0 aliphatic heterocycles. The van der Waals surface area contributed by atoms with E-state index in [1.165, 1.54) is 0 Å². The molecule has 3 rings (SSSR count). The fourth-order valence-electron chi connectivity index (χ4n) is 1.86. The molecule has 1 amide bonds. The van der Waals surface area contributed by atoms with Crippen LogP contribution in [0.2, 0.25) is 5.02 Å². The van der Waals surface area contributed by atoms with Crippen molar-refractivity contribution in [3.8, 4) is 11.3 Å². The van der Waals surface area contributed by atoms with Gasteiger partial charge in [-0.3, -0.25) is 4.79 Å². The van der Waals surface area contributed by atoms with E-state index in [9.17, 15) is 4.79 Å². The smallest absolute Gasteiger partial charge is 0.292 e. The van der Waals surface area contributed by atoms with Crippen LogP contribution in [0.1, 0.15) is 10.6 Å². The average molecular weight is 378 g/mol. The van der Waals surface area contributed by atoms with Crippen LogP contribution in [-0.2, 0) is 0 Å². The van der Waals surface area contributed by atoms with E-state index >= 15 is 0 Å². The van der Waals surface area contributed by atoms with Crippen LogP contribution >= 0.6 is 27.5 Å². The van der Waals surface area contributed by atoms with Crippen molar-refractivity contribution in [1.29, 1.82) is 0 Å². The number of hydrogen-bond acceptors (Lipinski definition) is 3. The van der Waals surface area contributed by atoms with Crippen molar-refractivity contribution in [3.63, 3.8) is 0 Å². The Morgan fingerprint density at radius 1 is 1.09 bits per heavy atom. The first-order valence-corrected chi connectivity index (χ1v) is 7.57. The third-order valence-electron chi connectivity index (χ3n) is 2.93. The van der Waals surface area contributed by atoms with Gasteiger partial charge >= 0.3 is 0 Å². The molecule has 3 aromatic rings. The van der Waals surface area contributed by atoms with E-state index in [0.717, 1.165) is 10.0 Å². The SMILES string of the molecule is O=C(Nc1ccc(Br)cn1)c1ccc(-c2ccc(Cl)cc2)o1. The number of carbonyl (C=O) groups excluding carboxylic acids is 1. The Bertz CT molecular complexity index is 798. The summed E-state index contributed by atoms with van der Waals surface area (Å²) in [7, 11) is 0. The van der Waals surface area contributed by atoms with Crippen molar-refractivity contribution in [3.05, 3.63) is 70.0 Å². The Balaban J connectivity index is 1.76. The first-order valence-electron chi connectivity index (χ1n) is 6.40. The number of hydrogen-bond donors (Lipinski definition) is 1. The molecule has 1 N–H and O–H groups in total. The van der Waals surface area contributed by atoms with E-state index in [0.29, 0.717) is 16.6 Å². The number of pyridine rings is 1. The summed E-state index contributed by atoms with van der Waals surface area (Å²) in [4.78, 5) is 16.2. The Labute approximate surface area is 140 Å². The molecule has 0 aliphatic carbocycles. The predicted molar refractivity (Wildman–Crippen MR) is 89.0 cm³/mol. The highest BCUT2D eigenvalue weighted by Crippen LogP contribution is 2.24. The van der Waals surface area contributed by atoms with Gasteiger partial charge in [-0.2, -0.15) is 0 Å². The van der Waals surface area contributed by atoms with Gasteiger partial charge in [0.25, 0.3) is 5.91 Å². The summed E-state index contributed by atoms with van der Waals surface area (Å²) in [6, 6.07) is 14.1. The van der Waals surface area contributed by atoms with Crippen LogP contribution in [0.15, 0.2) is 63.6 Å². The number of rotatable bonds is 3. The van der Waals surface area contributed by atoms with Crippen molar-refractivity contribution in [1.82, 2.24) is 4.98 Å². The Morgan fingerprint density at radius 2 is 1.86 bits per heavy atom. The van der Waals surface area contributed by atoms with Crippen LogP contribution in [0, 0.1) is 0 Å². The topological polar surface area (TPSA) is 55.1 Å². The molecule has 6 heteroatoms. The van der Waals surface area contributed by atoms with Gasteiger partial charge in [-0.05, 0) is 64.5 Å². The summed E-state index contributed by atoms with van der Waals surface area (Å²) < 4.78 is 6.42. The number of halogens is 2. The molecule has 0 unspecified atom stereocenters. The van der Waals surface area contributed by atoms with Gasteiger partial charge in [0.15, 0.2) is 5.76 Å². The standard InChI is InChI=1S/C16H10BrClN2O2/c17-11-3-8-15(19-9-11)20-16(21)14-7-6-13(22-14)10-1-4-12(18)5-2-10/h1-9H,(H,19,20,21). The maximum absolute atomic E-state index is 12.1. The molecular weight excluding hydrogens is 368 g/mol. The van der Waals surface area contributed by atoms with Crippen molar-refractivity contribution in [2.45, 2.75) is 0 Å². The summed E-state index contributed by atoms with van der Waals surface area (Å²) in [5.74, 6) is 0.924. The summed E-state index contributed by atoms with van der Waals surface area (Å²) in [5.41, 5.74) is 0.852. The number of nitrogens with zero attached hydrogens (tertiary/aromatic N) is 1. The zero-order valence-corrected chi connectivity index (χ0v) is 13.6. The van der Waals surface area contributed by atoms with Crippen molar-refractivity contribution in [2.24, 2.45) is 0 Å². The van der Waals surface area contributed by atoms with Crippen LogP contribution in [0.25, 0.3) is 11.3 Å². The van der Waals surface area contributed by atoms with Crippen LogP contribution in [0.3, 0.4) is 0 Å². The minimum absolute atomic E-state index is 0.217. The van der Waals surface area contributed by atoms with Crippen LogP contribution in [0.4, 0.5) is 5.82 Å². The number of benzene rings is 1. The first-order chi connectivity index (χ1) is 10.6. The quantitative estimate of drug-likeness (QED) is 0.698. The number of anilines is 1. The van der Waals surface area contributed by atoms with Gasteiger partial charge < -0.3 is 9.73 Å². The molecule has 22 heavy (non-hydrogen) atoms. The molecule has 0 spiro atoms. The summed E-state index contributed by atoms with van der Waals surface area (Å²) in [6.45, 7) is 0. The number of aromatic nitrogens is 1. The van der Waals surface area contributed by atoms with Gasteiger partial charge in [-0.1, -0.05) is 11.6 Å². The lowest BCUT2D eigenvalue weighted by atomic mass is 10.2. The van der Waals surface area contributed by atoms with Gasteiger partial charge in [0.05, 0.1) is 0 Å². The lowest BCUT2D eigenvalue weighted by Crippen LogP contribution is -2.11. The van der Waals surface area contributed by atoms with E-state index in [4.69, 9.17) is 16.0 Å². The van der Waals surface area contributed by atoms with Crippen molar-refractivity contribution >= 4 is 39.3 Å². The molecule has 0 atom stereocenters. The van der Waals surface area contributed by atoms with Gasteiger partial charge in [-0.15, -0.1) is 0 Å². The Hall–Kier alpha value is -2.11. The fraction of sp³-hybridized carbons (Fsp3) is 0. The second-order valence-corrected chi connectivity index (χ2v) is 5.84. The molecular formula is C16H10BrClN2O2. The van der Waals surface area contributed by atoms with Crippen LogP contribution in [-0.4, -0.2) is 10.9 Å². The van der Waals surface area contributed by atoms with Crippen molar-refractivity contribution < 1.29 is 9.21 Å². The largest absolute Gasteiger partial charge is 0.451 e. The molecule has 1 aromatic carbocycles. The monoisotopic (exact) mass is 376 g/mol. The van der Waals surface area contributed by atoms with Crippen molar-refractivity contribution in [2.75, 3.05) is 5.32 Å². The van der Waals surface area contributed by atoms with Gasteiger partial charge in [0.1, 0.15) is 11.6 Å². The fourth-order valence-corrected chi connectivity index (χ4v) is 2.22. The summed E-state index contributed by atoms with van der Waals surface area (Å²) in [6.07, 6.45) is 1.61. The first kappa shape index (κ1) is 14.8. The minimum Gasteiger partial charge on any atom is -0.451 e. The van der Waals surface area contributed by atoms with Gasteiger partial charge in [0, 0.05) is 21.3 Å². The molecule has 110 valence electrons. The molecule has 0 fully saturated rings. The normalized spacial score (nSPS) is 10.5. The molecule has 0 saturated carbocycles. The molecule has 4 nitrogen and oxygen atoms in total. The number of amides is 1. The highest BCUT2D eigenvalue weighted by Gasteiger charge is 2.13. The predicted octanol–water partition coefficient (Wildman–Crippen LogP) is 5.01. The van der Waals surface area contributed by atoms with Gasteiger partial charge in [-0.25, -0.2) is 4.98 Å². The highest BCUT2D eigenvalue weighted by molar-refractivity contribution is 9.10. The highest BCUT2D eigenvalue weighted by atomic mass is 79.9. The van der Waals surface area contributed by atoms with E-state index < -0.39 is 0 Å². The van der Waals surface area contributed by atoms with Crippen LogP contribution in [0.5, 0.6) is 0 Å². The minimum atomic E-state index is -0.352. The maximum atomic E-state index is 12.1. The second kappa shape index (κ2) is 6.34. The number of furan rings is 1. The van der Waals surface area contributed by atoms with Gasteiger partial charge in [0.2, 0.25) is 0 Å².